The average Bonchev–Trinajstić information content (AvgIpc) is 2.73. The first-order chi connectivity index (χ1) is 7.83. The molecule has 2 heterocycles. The molecular formula is C12H13ClN2PS+5. The summed E-state index contributed by atoms with van der Waals surface area (Å²) in [6, 6.07) is 5.96. The van der Waals surface area contributed by atoms with Crippen LogP contribution in [0.25, 0.3) is 10.2 Å². The van der Waals surface area contributed by atoms with Crippen molar-refractivity contribution in [3.63, 3.8) is 0 Å². The van der Waals surface area contributed by atoms with E-state index in [1.54, 1.807) is 0 Å². The van der Waals surface area contributed by atoms with Crippen LogP contribution in [-0.2, 0) is 0 Å². The summed E-state index contributed by atoms with van der Waals surface area (Å²) < 4.78 is 1.25. The van der Waals surface area contributed by atoms with Crippen LogP contribution in [0.3, 0.4) is 0 Å². The number of hydrogen-bond acceptors (Lipinski definition) is 3. The summed E-state index contributed by atoms with van der Waals surface area (Å²) in [5, 5.41) is 5.43. The summed E-state index contributed by atoms with van der Waals surface area (Å²) in [7, 11) is 0. The van der Waals surface area contributed by atoms with Gasteiger partial charge in [-0.2, -0.15) is 0 Å². The van der Waals surface area contributed by atoms with Crippen molar-refractivity contribution < 1.29 is 0 Å². The molecule has 84 valence electrons. The molecule has 1 aromatic carbocycles. The maximum atomic E-state index is 5.97. The van der Waals surface area contributed by atoms with Crippen molar-refractivity contribution in [2.75, 3.05) is 13.1 Å². The van der Waals surface area contributed by atoms with E-state index in [0.29, 0.717) is 5.92 Å². The number of halogens is 1. The zero-order chi connectivity index (χ0) is 11.0. The molecule has 0 spiro atoms. The van der Waals surface area contributed by atoms with Crippen molar-refractivity contribution in [2.24, 2.45) is 0 Å². The summed E-state index contributed by atoms with van der Waals surface area (Å²) in [4.78, 5) is 4.70. The van der Waals surface area contributed by atoms with Gasteiger partial charge in [-0.15, -0.1) is 11.3 Å². The van der Waals surface area contributed by atoms with E-state index in [9.17, 15) is 0 Å². The van der Waals surface area contributed by atoms with Gasteiger partial charge in [-0.1, -0.05) is 11.6 Å². The Hall–Kier alpha value is -0.210. The Kier molecular flexibility index (Phi) is 4.37. The third-order valence-electron chi connectivity index (χ3n) is 3.05. The average molecular weight is 284 g/mol. The van der Waals surface area contributed by atoms with E-state index in [0.717, 1.165) is 23.6 Å². The van der Waals surface area contributed by atoms with Gasteiger partial charge < -0.3 is 5.32 Å². The molecule has 5 heteroatoms. The molecule has 3 rings (SSSR count). The summed E-state index contributed by atoms with van der Waals surface area (Å²) in [6.45, 7) is 2.22. The van der Waals surface area contributed by atoms with Crippen LogP contribution in [0.5, 0.6) is 0 Å². The van der Waals surface area contributed by atoms with Crippen LogP contribution in [0.2, 0.25) is 5.02 Å². The topological polar surface area (TPSA) is 24.9 Å². The fraction of sp³-hybridized carbons (Fsp3) is 0.417. The molecule has 0 radical (unpaired) electrons. The fourth-order valence-electron chi connectivity index (χ4n) is 2.16. The Labute approximate surface area is 113 Å². The Balaban J connectivity index is 0.00000108. The molecule has 1 aliphatic heterocycles. The first kappa shape index (κ1) is 13.2. The van der Waals surface area contributed by atoms with E-state index in [4.69, 9.17) is 16.6 Å². The second-order valence-corrected chi connectivity index (χ2v) is 5.69. The van der Waals surface area contributed by atoms with Gasteiger partial charge in [0.2, 0.25) is 0 Å². The Morgan fingerprint density at radius 1 is 1.29 bits per heavy atom. The van der Waals surface area contributed by atoms with Crippen molar-refractivity contribution in [3.05, 3.63) is 28.2 Å². The smallest absolute Gasteiger partial charge is 0.317 e. The number of rotatable bonds is 1. The van der Waals surface area contributed by atoms with E-state index in [1.165, 1.54) is 22.5 Å². The van der Waals surface area contributed by atoms with E-state index in [2.05, 4.69) is 11.4 Å². The van der Waals surface area contributed by atoms with Gasteiger partial charge in [0.15, 0.2) is 0 Å². The van der Waals surface area contributed by atoms with Gasteiger partial charge in [-0.05, 0) is 44.1 Å². The third-order valence-corrected chi connectivity index (χ3v) is 4.49. The van der Waals surface area contributed by atoms with Crippen molar-refractivity contribution >= 4 is 43.1 Å². The number of piperidine rings is 1. The molecule has 0 aliphatic carbocycles. The van der Waals surface area contributed by atoms with Crippen molar-refractivity contribution in [2.45, 2.75) is 18.8 Å². The Morgan fingerprint density at radius 2 is 2.06 bits per heavy atom. The van der Waals surface area contributed by atoms with Crippen LogP contribution in [-0.4, -0.2) is 18.1 Å². The van der Waals surface area contributed by atoms with Crippen LogP contribution in [0.15, 0.2) is 18.2 Å². The van der Waals surface area contributed by atoms with Crippen LogP contribution < -0.4 is 5.32 Å². The normalized spacial score (nSPS) is 17.0. The summed E-state index contributed by atoms with van der Waals surface area (Å²) in [5.41, 5.74) is 1.05. The maximum Gasteiger partial charge on any atom is 5.00 e. The second-order valence-electron chi connectivity index (χ2n) is 4.19. The van der Waals surface area contributed by atoms with Gasteiger partial charge >= 0.3 is 9.90 Å². The molecule has 1 aromatic heterocycles. The molecule has 0 saturated carbocycles. The quantitative estimate of drug-likeness (QED) is 0.790. The van der Waals surface area contributed by atoms with Crippen LogP contribution >= 0.6 is 32.8 Å². The number of nitrogens with one attached hydrogen (secondary N) is 1. The van der Waals surface area contributed by atoms with E-state index >= 15 is 0 Å². The van der Waals surface area contributed by atoms with Crippen molar-refractivity contribution in [1.29, 1.82) is 0 Å². The van der Waals surface area contributed by atoms with Gasteiger partial charge in [0, 0.05) is 10.9 Å². The zero-order valence-electron chi connectivity index (χ0n) is 9.32. The summed E-state index contributed by atoms with van der Waals surface area (Å²) in [6.07, 6.45) is 2.40. The molecule has 0 atom stereocenters. The van der Waals surface area contributed by atoms with E-state index in [1.807, 2.05) is 23.5 Å². The van der Waals surface area contributed by atoms with Gasteiger partial charge in [-0.25, -0.2) is 4.98 Å². The molecule has 2 nitrogen and oxygen atoms in total. The van der Waals surface area contributed by atoms with E-state index in [-0.39, 0.29) is 9.90 Å². The van der Waals surface area contributed by atoms with Crippen molar-refractivity contribution in [3.8, 4) is 0 Å². The van der Waals surface area contributed by atoms with Crippen molar-refractivity contribution in [1.82, 2.24) is 10.3 Å². The molecule has 0 amide bonds. The molecule has 1 fully saturated rings. The van der Waals surface area contributed by atoms with Gasteiger partial charge in [0.05, 0.1) is 15.2 Å². The third kappa shape index (κ3) is 2.79. The predicted octanol–water partition coefficient (Wildman–Crippen LogP) is 4.28. The van der Waals surface area contributed by atoms with Crippen LogP contribution in [0.4, 0.5) is 0 Å². The largest absolute Gasteiger partial charge is 5.00 e. The number of aromatic nitrogens is 1. The molecule has 0 bridgehead atoms. The monoisotopic (exact) mass is 283 g/mol. The van der Waals surface area contributed by atoms with Gasteiger partial charge in [-0.3, -0.25) is 0 Å². The summed E-state index contributed by atoms with van der Waals surface area (Å²) >= 11 is 7.78. The molecule has 2 aromatic rings. The maximum absolute atomic E-state index is 5.97. The number of nitrogens with zero attached hydrogens (tertiary/aromatic N) is 1. The predicted molar refractivity (Wildman–Crippen MR) is 76.4 cm³/mol. The molecule has 1 aliphatic rings. The number of thiazole rings is 1. The minimum absolute atomic E-state index is 0. The van der Waals surface area contributed by atoms with Crippen LogP contribution in [0, 0.1) is 0 Å². The molecule has 0 unspecified atom stereocenters. The zero-order valence-corrected chi connectivity index (χ0v) is 11.8. The first-order valence-corrected chi connectivity index (χ1v) is 6.79. The minimum atomic E-state index is 0. The standard InChI is InChI=1S/C12H13ClN2S.P/c13-9-1-2-11-10(7-9)15-12(16-11)8-3-5-14-6-4-8;/h1-2,7-8,14H,3-6H2;/q;+5. The molecule has 17 heavy (non-hydrogen) atoms. The Bertz CT molecular complexity index is 508. The first-order valence-electron chi connectivity index (χ1n) is 5.59. The number of benzene rings is 1. The molecular weight excluding hydrogens is 271 g/mol. The minimum Gasteiger partial charge on any atom is -0.317 e. The molecule has 1 saturated heterocycles. The Morgan fingerprint density at radius 3 is 2.82 bits per heavy atom. The van der Waals surface area contributed by atoms with E-state index < -0.39 is 0 Å². The second kappa shape index (κ2) is 5.62. The number of hydrogen-bond donors (Lipinski definition) is 1. The molecule has 1 N–H and O–H groups in total. The SMILES string of the molecule is Clc1ccc2sc(C3CCNCC3)nc2c1.[P+5]. The van der Waals surface area contributed by atoms with Gasteiger partial charge in [0.25, 0.3) is 0 Å². The summed E-state index contributed by atoms with van der Waals surface area (Å²) in [5.74, 6) is 0.637. The fourth-order valence-corrected chi connectivity index (χ4v) is 3.45. The number of fused-ring (bicyclic) bond motifs is 1. The van der Waals surface area contributed by atoms with Gasteiger partial charge in [0.1, 0.15) is 0 Å². The van der Waals surface area contributed by atoms with Crippen LogP contribution in [0.1, 0.15) is 23.8 Å².